The van der Waals surface area contributed by atoms with Crippen LogP contribution in [-0.4, -0.2) is 15.1 Å². The highest BCUT2D eigenvalue weighted by molar-refractivity contribution is 6.57. The van der Waals surface area contributed by atoms with Crippen LogP contribution in [0, 0.1) is 23.2 Å². The molecule has 0 radical (unpaired) electrons. The number of aldehydes is 1. The van der Waals surface area contributed by atoms with Gasteiger partial charge in [-0.05, 0) is 35.6 Å². The van der Waals surface area contributed by atoms with E-state index in [1.54, 1.807) is 0 Å². The summed E-state index contributed by atoms with van der Waals surface area (Å²) in [5.74, 6) is 2.03. The maximum Gasteiger partial charge on any atom is 0.123 e. The van der Waals surface area contributed by atoms with Gasteiger partial charge < -0.3 is 4.79 Å². The number of rotatable bonds is 2. The van der Waals surface area contributed by atoms with Crippen LogP contribution in [-0.2, 0) is 4.79 Å². The molecule has 0 spiro atoms. The molecule has 2 bridgehead atoms. The molecule has 0 heterocycles. The molecule has 14 heavy (non-hydrogen) atoms. The van der Waals surface area contributed by atoms with E-state index in [-0.39, 0.29) is 0 Å². The van der Waals surface area contributed by atoms with Crippen LogP contribution >= 0.6 is 0 Å². The van der Waals surface area contributed by atoms with Crippen LogP contribution in [0.25, 0.3) is 0 Å². The van der Waals surface area contributed by atoms with E-state index in [2.05, 4.69) is 26.9 Å². The molecule has 0 saturated heterocycles. The van der Waals surface area contributed by atoms with Gasteiger partial charge in [-0.2, -0.15) is 0 Å². The highest BCUT2D eigenvalue weighted by atomic mass is 28.3. The van der Waals surface area contributed by atoms with Crippen LogP contribution in [0.2, 0.25) is 18.6 Å². The smallest absolute Gasteiger partial charge is 0.123 e. The summed E-state index contributed by atoms with van der Waals surface area (Å²) in [7, 11) is -0.625. The predicted octanol–water partition coefficient (Wildman–Crippen LogP) is 2.72. The average molecular weight is 210 g/mol. The second-order valence-electron chi connectivity index (χ2n) is 6.22. The maximum absolute atomic E-state index is 11.2. The van der Waals surface area contributed by atoms with Crippen molar-refractivity contribution in [1.82, 2.24) is 0 Å². The van der Waals surface area contributed by atoms with E-state index >= 15 is 0 Å². The van der Waals surface area contributed by atoms with Gasteiger partial charge in [-0.15, -0.1) is 0 Å². The zero-order chi connectivity index (χ0) is 10.5. The first-order chi connectivity index (χ1) is 6.48. The number of fused-ring (bicyclic) bond motifs is 2. The molecule has 3 aliphatic carbocycles. The molecular weight excluding hydrogens is 188 g/mol. The minimum absolute atomic E-state index is 0.404. The molecule has 1 nitrogen and oxygen atoms in total. The van der Waals surface area contributed by atoms with E-state index in [4.69, 9.17) is 0 Å². The Morgan fingerprint density at radius 2 is 1.93 bits per heavy atom. The van der Waals surface area contributed by atoms with Gasteiger partial charge in [0, 0.05) is 14.7 Å². The van der Waals surface area contributed by atoms with Gasteiger partial charge >= 0.3 is 0 Å². The van der Waals surface area contributed by atoms with Crippen molar-refractivity contribution in [3.63, 3.8) is 0 Å². The van der Waals surface area contributed by atoms with E-state index in [1.807, 2.05) is 0 Å². The molecule has 0 aromatic heterocycles. The van der Waals surface area contributed by atoms with E-state index < -0.39 is 8.80 Å². The van der Waals surface area contributed by atoms with Gasteiger partial charge in [-0.1, -0.05) is 26.9 Å². The van der Waals surface area contributed by atoms with E-state index in [0.29, 0.717) is 17.3 Å². The Morgan fingerprint density at radius 3 is 2.36 bits per heavy atom. The minimum atomic E-state index is -0.625. The van der Waals surface area contributed by atoms with Gasteiger partial charge in [0.1, 0.15) is 6.29 Å². The van der Waals surface area contributed by atoms with Crippen molar-refractivity contribution in [3.8, 4) is 0 Å². The van der Waals surface area contributed by atoms with Crippen LogP contribution < -0.4 is 0 Å². The Labute approximate surface area is 88.9 Å². The van der Waals surface area contributed by atoms with Crippen molar-refractivity contribution < 1.29 is 4.79 Å². The normalized spacial score (nSPS) is 44.6. The fourth-order valence-corrected chi connectivity index (χ4v) is 5.93. The fraction of sp³-hybridized carbons (Fsp3) is 0.917. The summed E-state index contributed by atoms with van der Waals surface area (Å²) in [6, 6.07) is 0. The Kier molecular flexibility index (Phi) is 2.37. The zero-order valence-electron chi connectivity index (χ0n) is 9.79. The second-order valence-corrected chi connectivity index (χ2v) is 9.56. The van der Waals surface area contributed by atoms with E-state index in [1.165, 1.54) is 19.1 Å². The molecule has 80 valence electrons. The molecular formula is C12H22OSi. The highest BCUT2D eigenvalue weighted by Crippen LogP contribution is 2.64. The van der Waals surface area contributed by atoms with Gasteiger partial charge in [0.05, 0.1) is 0 Å². The van der Waals surface area contributed by atoms with Crippen molar-refractivity contribution in [2.75, 3.05) is 0 Å². The first kappa shape index (κ1) is 10.4. The van der Waals surface area contributed by atoms with E-state index in [0.717, 1.165) is 11.5 Å². The molecule has 4 unspecified atom stereocenters. The molecule has 0 aliphatic heterocycles. The lowest BCUT2D eigenvalue weighted by Crippen LogP contribution is -2.56. The summed E-state index contributed by atoms with van der Waals surface area (Å²) in [4.78, 5) is 11.2. The Bertz CT molecular complexity index is 245. The van der Waals surface area contributed by atoms with Crippen LogP contribution in [0.3, 0.4) is 0 Å². The molecule has 3 fully saturated rings. The van der Waals surface area contributed by atoms with Crippen molar-refractivity contribution in [2.45, 2.75) is 45.3 Å². The van der Waals surface area contributed by atoms with Gasteiger partial charge in [-0.25, -0.2) is 0 Å². The maximum atomic E-state index is 11.2. The Balaban J connectivity index is 2.19. The fourth-order valence-electron chi connectivity index (χ4n) is 3.81. The van der Waals surface area contributed by atoms with Crippen molar-refractivity contribution >= 4 is 15.1 Å². The second kappa shape index (κ2) is 3.19. The molecule has 0 aromatic carbocycles. The molecule has 0 N–H and O–H groups in total. The summed E-state index contributed by atoms with van der Waals surface area (Å²) in [6.07, 6.45) is 3.95. The summed E-state index contributed by atoms with van der Waals surface area (Å²) in [6.45, 7) is 9.53. The van der Waals surface area contributed by atoms with Gasteiger partial charge in [0.25, 0.3) is 0 Å². The third kappa shape index (κ3) is 1.23. The lowest BCUT2D eigenvalue weighted by molar-refractivity contribution is -0.134. The quantitative estimate of drug-likeness (QED) is 0.506. The van der Waals surface area contributed by atoms with Crippen LogP contribution in [0.15, 0.2) is 0 Å². The lowest BCUT2D eigenvalue weighted by Gasteiger charge is -2.62. The molecule has 4 atom stereocenters. The van der Waals surface area contributed by atoms with Crippen LogP contribution in [0.4, 0.5) is 0 Å². The van der Waals surface area contributed by atoms with Gasteiger partial charge in [0.2, 0.25) is 0 Å². The number of hydrogen-bond acceptors (Lipinski definition) is 1. The third-order valence-electron chi connectivity index (χ3n) is 5.08. The zero-order valence-corrected chi connectivity index (χ0v) is 10.9. The third-order valence-corrected chi connectivity index (χ3v) is 7.50. The highest BCUT2D eigenvalue weighted by Gasteiger charge is 2.57. The summed E-state index contributed by atoms with van der Waals surface area (Å²) in [5.41, 5.74) is 1.26. The summed E-state index contributed by atoms with van der Waals surface area (Å²) < 4.78 is 0. The molecule has 3 saturated carbocycles. The largest absolute Gasteiger partial charge is 0.303 e. The SMILES string of the molecule is C[SiH](C)C1CC2CC(C1C=O)C2(C)C. The minimum Gasteiger partial charge on any atom is -0.303 e. The van der Waals surface area contributed by atoms with Crippen LogP contribution in [0.5, 0.6) is 0 Å². The summed E-state index contributed by atoms with van der Waals surface area (Å²) in [5, 5.41) is 0. The van der Waals surface area contributed by atoms with Gasteiger partial charge in [-0.3, -0.25) is 0 Å². The Morgan fingerprint density at radius 1 is 1.29 bits per heavy atom. The number of carbonyl (C=O) groups is 1. The van der Waals surface area contributed by atoms with E-state index in [9.17, 15) is 4.79 Å². The monoisotopic (exact) mass is 210 g/mol. The molecule has 0 amide bonds. The first-order valence-electron chi connectivity index (χ1n) is 5.93. The number of hydrogen-bond donors (Lipinski definition) is 0. The topological polar surface area (TPSA) is 17.1 Å². The number of carbonyl (C=O) groups excluding carboxylic acids is 1. The standard InChI is InChI=1S/C12H22OSi/c1-12(2)8-5-10(12)9(7-13)11(6-8)14(3)4/h7-11,14H,5-6H2,1-4H3. The molecule has 3 rings (SSSR count). The molecule has 0 aromatic rings. The van der Waals surface area contributed by atoms with Crippen molar-refractivity contribution in [3.05, 3.63) is 0 Å². The van der Waals surface area contributed by atoms with Crippen molar-refractivity contribution in [1.29, 1.82) is 0 Å². The Hall–Kier alpha value is -0.113. The molecule has 2 heteroatoms. The van der Waals surface area contributed by atoms with Crippen molar-refractivity contribution in [2.24, 2.45) is 23.2 Å². The average Bonchev–Trinajstić information content (AvgIpc) is 2.16. The molecule has 3 aliphatic rings. The summed E-state index contributed by atoms with van der Waals surface area (Å²) >= 11 is 0. The van der Waals surface area contributed by atoms with Gasteiger partial charge in [0.15, 0.2) is 0 Å². The first-order valence-corrected chi connectivity index (χ1v) is 8.91. The predicted molar refractivity (Wildman–Crippen MR) is 62.2 cm³/mol. The van der Waals surface area contributed by atoms with Crippen LogP contribution in [0.1, 0.15) is 26.7 Å². The lowest BCUT2D eigenvalue weighted by atomic mass is 9.45.